The number of rotatable bonds is 3. The van der Waals surface area contributed by atoms with Crippen molar-refractivity contribution in [2.75, 3.05) is 5.32 Å². The van der Waals surface area contributed by atoms with Crippen LogP contribution in [0, 0.1) is 5.82 Å². The second-order valence-electron chi connectivity index (χ2n) is 7.17. The van der Waals surface area contributed by atoms with Gasteiger partial charge in [0.15, 0.2) is 16.9 Å². The molecule has 1 aromatic heterocycles. The zero-order valence-corrected chi connectivity index (χ0v) is 15.4. The molecule has 28 heavy (non-hydrogen) atoms. The molecular weight excluding hydrogens is 378 g/mol. The molecule has 0 bridgehead atoms. The topological polar surface area (TPSA) is 85.3 Å². The number of carbonyl (C=O) groups excluding carboxylic acids is 1. The van der Waals surface area contributed by atoms with Gasteiger partial charge in [-0.2, -0.15) is 5.10 Å². The van der Waals surface area contributed by atoms with Crippen molar-refractivity contribution in [3.05, 3.63) is 47.5 Å². The molecule has 10 heteroatoms. The number of amides is 1. The van der Waals surface area contributed by atoms with Crippen molar-refractivity contribution < 1.29 is 22.4 Å². The molecule has 0 saturated heterocycles. The predicted octanol–water partition coefficient (Wildman–Crippen LogP) is 3.15. The summed E-state index contributed by atoms with van der Waals surface area (Å²) >= 11 is 0. The maximum Gasteiger partial charge on any atom is 0.280 e. The first-order valence-electron chi connectivity index (χ1n) is 8.39. The largest absolute Gasteiger partial charge is 0.385 e. The minimum Gasteiger partial charge on any atom is -0.385 e. The number of halogens is 4. The maximum atomic E-state index is 14.8. The Morgan fingerprint density at radius 2 is 1.93 bits per heavy atom. The maximum absolute atomic E-state index is 14.8. The van der Waals surface area contributed by atoms with Crippen LogP contribution >= 0.6 is 0 Å². The zero-order chi connectivity index (χ0) is 20.9. The van der Waals surface area contributed by atoms with Crippen LogP contribution in [0.15, 0.2) is 35.5 Å². The molecule has 1 aliphatic rings. The summed E-state index contributed by atoms with van der Waals surface area (Å²) in [6.07, 6.45) is 0.315. The summed E-state index contributed by atoms with van der Waals surface area (Å²) in [5, 5.41) is 6.40. The summed E-state index contributed by atoms with van der Waals surface area (Å²) in [7, 11) is 1.62. The fourth-order valence-electron chi connectivity index (χ4n) is 3.08. The first-order valence-corrected chi connectivity index (χ1v) is 8.39. The summed E-state index contributed by atoms with van der Waals surface area (Å²) < 4.78 is 59.7. The van der Waals surface area contributed by atoms with E-state index in [-0.39, 0.29) is 11.4 Å². The monoisotopic (exact) mass is 397 g/mol. The lowest BCUT2D eigenvalue weighted by molar-refractivity contribution is -0.106. The molecule has 1 aliphatic heterocycles. The summed E-state index contributed by atoms with van der Waals surface area (Å²) in [6.45, 7) is 1.89. The lowest BCUT2D eigenvalue weighted by Crippen LogP contribution is -2.56. The highest BCUT2D eigenvalue weighted by Gasteiger charge is 2.60. The van der Waals surface area contributed by atoms with Gasteiger partial charge in [0.1, 0.15) is 11.7 Å². The van der Waals surface area contributed by atoms with E-state index in [0.717, 1.165) is 26.0 Å². The predicted molar refractivity (Wildman–Crippen MR) is 95.6 cm³/mol. The molecule has 2 atom stereocenters. The number of alkyl halides is 3. The lowest BCUT2D eigenvalue weighted by atomic mass is 9.77. The first-order chi connectivity index (χ1) is 12.9. The average Bonchev–Trinajstić information content (AvgIpc) is 3.01. The summed E-state index contributed by atoms with van der Waals surface area (Å²) in [6, 6.07) is 4.65. The third-order valence-electron chi connectivity index (χ3n) is 4.84. The van der Waals surface area contributed by atoms with Gasteiger partial charge in [-0.15, -0.1) is 0 Å². The highest BCUT2D eigenvalue weighted by Crippen LogP contribution is 2.50. The van der Waals surface area contributed by atoms with E-state index in [4.69, 9.17) is 5.73 Å². The van der Waals surface area contributed by atoms with Crippen molar-refractivity contribution in [1.82, 2.24) is 9.78 Å². The second-order valence-corrected chi connectivity index (χ2v) is 7.17. The average molecular weight is 397 g/mol. The van der Waals surface area contributed by atoms with Gasteiger partial charge in [-0.1, -0.05) is 0 Å². The summed E-state index contributed by atoms with van der Waals surface area (Å²) in [4.78, 5) is 15.9. The molecule has 3 rings (SSSR count). The van der Waals surface area contributed by atoms with Crippen molar-refractivity contribution in [2.45, 2.75) is 37.4 Å². The number of anilines is 1. The van der Waals surface area contributed by atoms with E-state index in [1.165, 1.54) is 16.8 Å². The molecule has 0 unspecified atom stereocenters. The summed E-state index contributed by atoms with van der Waals surface area (Å²) in [5.41, 5.74) is 0.243. The van der Waals surface area contributed by atoms with Crippen molar-refractivity contribution in [2.24, 2.45) is 17.8 Å². The SMILES string of the molecule is Cn1ccc(C(=O)Nc2ccc(F)c([C@@]3(C)N=C(N)[C@](C)(F)CC3(F)F)c2)n1. The van der Waals surface area contributed by atoms with Gasteiger partial charge < -0.3 is 11.1 Å². The number of hydrogen-bond donors (Lipinski definition) is 2. The standard InChI is InChI=1S/C18H19F4N5O/c1-16(20)9-18(21,22)17(2,25-15(16)23)11-8-10(4-5-12(11)19)24-14(28)13-6-7-27(3)26-13/h4-8H,9H2,1-3H3,(H2,23,25)(H,24,28)/t16-,17-/m1/s1. The number of hydrogen-bond acceptors (Lipinski definition) is 4. The smallest absolute Gasteiger partial charge is 0.280 e. The Bertz CT molecular complexity index is 969. The third-order valence-corrected chi connectivity index (χ3v) is 4.84. The van der Waals surface area contributed by atoms with Gasteiger partial charge in [-0.25, -0.2) is 17.6 Å². The van der Waals surface area contributed by atoms with Crippen LogP contribution in [0.25, 0.3) is 0 Å². The van der Waals surface area contributed by atoms with Gasteiger partial charge in [-0.05, 0) is 38.1 Å². The van der Waals surface area contributed by atoms with Gasteiger partial charge in [0.25, 0.3) is 11.8 Å². The molecule has 2 heterocycles. The highest BCUT2D eigenvalue weighted by molar-refractivity contribution is 6.02. The Morgan fingerprint density at radius 1 is 1.25 bits per heavy atom. The van der Waals surface area contributed by atoms with Gasteiger partial charge in [-0.3, -0.25) is 14.5 Å². The van der Waals surface area contributed by atoms with Crippen LogP contribution < -0.4 is 11.1 Å². The quantitative estimate of drug-likeness (QED) is 0.781. The van der Waals surface area contributed by atoms with Gasteiger partial charge >= 0.3 is 0 Å². The van der Waals surface area contributed by atoms with Gasteiger partial charge in [0, 0.05) is 24.5 Å². The molecule has 3 N–H and O–H groups in total. The van der Waals surface area contributed by atoms with Crippen LogP contribution in [0.5, 0.6) is 0 Å². The van der Waals surface area contributed by atoms with E-state index in [2.05, 4.69) is 15.4 Å². The van der Waals surface area contributed by atoms with Crippen LogP contribution in [-0.4, -0.2) is 33.1 Å². The Hall–Kier alpha value is -2.91. The molecule has 1 amide bonds. The minimum absolute atomic E-state index is 0.0615. The van der Waals surface area contributed by atoms with Crippen LogP contribution in [0.2, 0.25) is 0 Å². The van der Waals surface area contributed by atoms with Crippen LogP contribution in [0.1, 0.15) is 36.3 Å². The molecule has 0 radical (unpaired) electrons. The lowest BCUT2D eigenvalue weighted by Gasteiger charge is -2.42. The van der Waals surface area contributed by atoms with Crippen LogP contribution in [-0.2, 0) is 12.6 Å². The molecular formula is C18H19F4N5O. The molecule has 0 spiro atoms. The first kappa shape index (κ1) is 19.8. The number of aryl methyl sites for hydroxylation is 1. The molecule has 0 aliphatic carbocycles. The Morgan fingerprint density at radius 3 is 2.54 bits per heavy atom. The third kappa shape index (κ3) is 3.23. The van der Waals surface area contributed by atoms with Crippen molar-refractivity contribution >= 4 is 17.4 Å². The molecule has 0 fully saturated rings. The molecule has 1 aromatic carbocycles. The van der Waals surface area contributed by atoms with Crippen LogP contribution in [0.4, 0.5) is 23.2 Å². The van der Waals surface area contributed by atoms with Crippen molar-refractivity contribution in [1.29, 1.82) is 0 Å². The van der Waals surface area contributed by atoms with E-state index in [9.17, 15) is 22.4 Å². The van der Waals surface area contributed by atoms with E-state index >= 15 is 0 Å². The number of aromatic nitrogens is 2. The van der Waals surface area contributed by atoms with E-state index in [0.29, 0.717) is 0 Å². The fourth-order valence-corrected chi connectivity index (χ4v) is 3.08. The van der Waals surface area contributed by atoms with E-state index in [1.54, 1.807) is 13.2 Å². The van der Waals surface area contributed by atoms with Crippen molar-refractivity contribution in [3.63, 3.8) is 0 Å². The number of nitrogens with one attached hydrogen (secondary N) is 1. The number of nitrogens with two attached hydrogens (primary N) is 1. The molecule has 0 saturated carbocycles. The molecule has 6 nitrogen and oxygen atoms in total. The zero-order valence-electron chi connectivity index (χ0n) is 15.4. The number of benzene rings is 1. The number of nitrogens with zero attached hydrogens (tertiary/aromatic N) is 3. The van der Waals surface area contributed by atoms with E-state index in [1.807, 2.05) is 0 Å². The Labute approximate surface area is 158 Å². The Kier molecular flexibility index (Phi) is 4.48. The van der Waals surface area contributed by atoms with Gasteiger partial charge in [0.2, 0.25) is 0 Å². The minimum atomic E-state index is -3.72. The fraction of sp³-hybridized carbons (Fsp3) is 0.389. The van der Waals surface area contributed by atoms with Crippen LogP contribution in [0.3, 0.4) is 0 Å². The Balaban J connectivity index is 2.01. The summed E-state index contributed by atoms with van der Waals surface area (Å²) in [5.74, 6) is -5.93. The number of carbonyl (C=O) groups is 1. The number of aliphatic imine (C=N–C) groups is 1. The number of amidine groups is 1. The molecule has 2 aromatic rings. The second kappa shape index (κ2) is 6.32. The van der Waals surface area contributed by atoms with E-state index < -0.39 is 46.7 Å². The highest BCUT2D eigenvalue weighted by atomic mass is 19.3. The van der Waals surface area contributed by atoms with Gasteiger partial charge in [0.05, 0.1) is 6.42 Å². The normalized spacial score (nSPS) is 26.6. The molecule has 150 valence electrons. The van der Waals surface area contributed by atoms with Crippen molar-refractivity contribution in [3.8, 4) is 0 Å².